The number of amides is 2. The third kappa shape index (κ3) is 6.21. The van der Waals surface area contributed by atoms with E-state index in [1.807, 2.05) is 4.90 Å². The van der Waals surface area contributed by atoms with Crippen molar-refractivity contribution in [3.63, 3.8) is 0 Å². The maximum Gasteiger partial charge on any atom is 0.236 e. The molecule has 106 valence electrons. The molecule has 0 saturated carbocycles. The van der Waals surface area contributed by atoms with Gasteiger partial charge in [-0.1, -0.05) is 6.42 Å². The number of carbonyl (C=O) groups excluding carboxylic acids is 2. The van der Waals surface area contributed by atoms with Gasteiger partial charge < -0.3 is 16.0 Å². The van der Waals surface area contributed by atoms with Crippen LogP contribution in [0.2, 0.25) is 0 Å². The van der Waals surface area contributed by atoms with Gasteiger partial charge >= 0.3 is 0 Å². The van der Waals surface area contributed by atoms with E-state index >= 15 is 0 Å². The Morgan fingerprint density at radius 3 is 2.83 bits per heavy atom. The average Bonchev–Trinajstić information content (AvgIpc) is 2.49. The van der Waals surface area contributed by atoms with Crippen LogP contribution in [-0.2, 0) is 9.59 Å². The minimum atomic E-state index is -0.463. The standard InChI is InChI=1S/C12H23N3O2.ClH/c1-10(13)12(17)14-7-5-9-15-8-4-2-3-6-11(15)16;/h10H,2-9,13H2,1H3,(H,14,17);1H. The number of likely N-dealkylation sites (tertiary alicyclic amines) is 1. The molecule has 1 fully saturated rings. The summed E-state index contributed by atoms with van der Waals surface area (Å²) in [6.07, 6.45) is 4.72. The molecule has 1 aliphatic heterocycles. The molecule has 0 bridgehead atoms. The summed E-state index contributed by atoms with van der Waals surface area (Å²) < 4.78 is 0. The van der Waals surface area contributed by atoms with Crippen LogP contribution < -0.4 is 11.1 Å². The number of halogens is 1. The van der Waals surface area contributed by atoms with E-state index < -0.39 is 6.04 Å². The van der Waals surface area contributed by atoms with E-state index in [0.717, 1.165) is 38.8 Å². The predicted octanol–water partition coefficient (Wildman–Crippen LogP) is 0.664. The number of rotatable bonds is 5. The van der Waals surface area contributed by atoms with Crippen LogP contribution in [0.25, 0.3) is 0 Å². The van der Waals surface area contributed by atoms with Crippen molar-refractivity contribution in [3.8, 4) is 0 Å². The van der Waals surface area contributed by atoms with Crippen molar-refractivity contribution in [2.24, 2.45) is 5.73 Å². The highest BCUT2D eigenvalue weighted by molar-refractivity contribution is 5.85. The number of nitrogens with two attached hydrogens (primary N) is 1. The van der Waals surface area contributed by atoms with E-state index in [-0.39, 0.29) is 24.2 Å². The minimum absolute atomic E-state index is 0. The van der Waals surface area contributed by atoms with Crippen molar-refractivity contribution in [2.45, 2.75) is 45.1 Å². The largest absolute Gasteiger partial charge is 0.355 e. The molecule has 1 rings (SSSR count). The predicted molar refractivity (Wildman–Crippen MR) is 73.6 cm³/mol. The summed E-state index contributed by atoms with van der Waals surface area (Å²) in [5.74, 6) is 0.119. The van der Waals surface area contributed by atoms with Gasteiger partial charge in [-0.05, 0) is 26.2 Å². The summed E-state index contributed by atoms with van der Waals surface area (Å²) in [6, 6.07) is -0.463. The molecule has 2 amide bonds. The van der Waals surface area contributed by atoms with Gasteiger partial charge in [-0.2, -0.15) is 0 Å². The van der Waals surface area contributed by atoms with Gasteiger partial charge in [-0.15, -0.1) is 12.4 Å². The van der Waals surface area contributed by atoms with E-state index in [1.165, 1.54) is 0 Å². The molecule has 6 heteroatoms. The fourth-order valence-corrected chi connectivity index (χ4v) is 1.92. The Bertz CT molecular complexity index is 272. The van der Waals surface area contributed by atoms with Gasteiger partial charge in [-0.25, -0.2) is 0 Å². The highest BCUT2D eigenvalue weighted by Gasteiger charge is 2.15. The van der Waals surface area contributed by atoms with E-state index in [9.17, 15) is 9.59 Å². The Labute approximate surface area is 115 Å². The lowest BCUT2D eigenvalue weighted by Gasteiger charge is -2.20. The van der Waals surface area contributed by atoms with Crippen molar-refractivity contribution < 1.29 is 9.59 Å². The molecule has 0 radical (unpaired) electrons. The van der Waals surface area contributed by atoms with Gasteiger partial charge in [0.05, 0.1) is 6.04 Å². The van der Waals surface area contributed by atoms with Crippen LogP contribution in [-0.4, -0.2) is 42.4 Å². The van der Waals surface area contributed by atoms with Gasteiger partial charge in [-0.3, -0.25) is 9.59 Å². The summed E-state index contributed by atoms with van der Waals surface area (Å²) in [6.45, 7) is 3.84. The zero-order valence-corrected chi connectivity index (χ0v) is 11.8. The average molecular weight is 278 g/mol. The molecule has 1 saturated heterocycles. The maximum atomic E-state index is 11.7. The summed E-state index contributed by atoms with van der Waals surface area (Å²) in [7, 11) is 0. The maximum absolute atomic E-state index is 11.7. The fourth-order valence-electron chi connectivity index (χ4n) is 1.92. The number of nitrogens with one attached hydrogen (secondary N) is 1. The van der Waals surface area contributed by atoms with Crippen molar-refractivity contribution in [2.75, 3.05) is 19.6 Å². The van der Waals surface area contributed by atoms with E-state index in [0.29, 0.717) is 13.0 Å². The molecule has 1 atom stereocenters. The van der Waals surface area contributed by atoms with Crippen LogP contribution in [0.5, 0.6) is 0 Å². The summed E-state index contributed by atoms with van der Waals surface area (Å²) in [4.78, 5) is 24.8. The fraction of sp³-hybridized carbons (Fsp3) is 0.833. The number of hydrogen-bond donors (Lipinski definition) is 2. The second-order valence-corrected chi connectivity index (χ2v) is 4.62. The van der Waals surface area contributed by atoms with Crippen LogP contribution in [0.4, 0.5) is 0 Å². The lowest BCUT2D eigenvalue weighted by atomic mass is 10.2. The normalized spacial score (nSPS) is 17.7. The third-order valence-electron chi connectivity index (χ3n) is 2.99. The van der Waals surface area contributed by atoms with Crippen molar-refractivity contribution >= 4 is 24.2 Å². The molecule has 18 heavy (non-hydrogen) atoms. The van der Waals surface area contributed by atoms with Gasteiger partial charge in [0.25, 0.3) is 0 Å². The summed E-state index contributed by atoms with van der Waals surface area (Å²) in [5.41, 5.74) is 5.43. The van der Waals surface area contributed by atoms with Crippen molar-refractivity contribution in [1.82, 2.24) is 10.2 Å². The zero-order chi connectivity index (χ0) is 12.7. The van der Waals surface area contributed by atoms with Crippen LogP contribution in [0.3, 0.4) is 0 Å². The molecular weight excluding hydrogens is 254 g/mol. The molecule has 1 heterocycles. The number of hydrogen-bond acceptors (Lipinski definition) is 3. The van der Waals surface area contributed by atoms with Crippen LogP contribution in [0.15, 0.2) is 0 Å². The highest BCUT2D eigenvalue weighted by atomic mass is 35.5. The van der Waals surface area contributed by atoms with Crippen molar-refractivity contribution in [3.05, 3.63) is 0 Å². The van der Waals surface area contributed by atoms with Gasteiger partial charge in [0.1, 0.15) is 0 Å². The molecule has 3 N–H and O–H groups in total. The van der Waals surface area contributed by atoms with Gasteiger partial charge in [0.2, 0.25) is 11.8 Å². The lowest BCUT2D eigenvalue weighted by molar-refractivity contribution is -0.130. The quantitative estimate of drug-likeness (QED) is 0.725. The highest BCUT2D eigenvalue weighted by Crippen LogP contribution is 2.10. The summed E-state index contributed by atoms with van der Waals surface area (Å²) in [5, 5.41) is 2.75. The molecular formula is C12H24ClN3O2. The molecule has 0 aromatic heterocycles. The van der Waals surface area contributed by atoms with Gasteiger partial charge in [0, 0.05) is 26.1 Å². The minimum Gasteiger partial charge on any atom is -0.355 e. The van der Waals surface area contributed by atoms with Gasteiger partial charge in [0.15, 0.2) is 0 Å². The van der Waals surface area contributed by atoms with Crippen LogP contribution in [0.1, 0.15) is 39.0 Å². The first-order valence-electron chi connectivity index (χ1n) is 6.42. The number of nitrogens with zero attached hydrogens (tertiary/aromatic N) is 1. The number of carbonyl (C=O) groups is 2. The lowest BCUT2D eigenvalue weighted by Crippen LogP contribution is -2.40. The summed E-state index contributed by atoms with van der Waals surface area (Å²) >= 11 is 0. The molecule has 1 aliphatic rings. The zero-order valence-electron chi connectivity index (χ0n) is 11.0. The molecule has 0 aromatic rings. The first-order valence-corrected chi connectivity index (χ1v) is 6.42. The first kappa shape index (κ1) is 17.2. The van der Waals surface area contributed by atoms with E-state index in [4.69, 9.17) is 5.73 Å². The van der Waals surface area contributed by atoms with Crippen molar-refractivity contribution in [1.29, 1.82) is 0 Å². The van der Waals surface area contributed by atoms with E-state index in [2.05, 4.69) is 5.32 Å². The van der Waals surface area contributed by atoms with Crippen LogP contribution in [0, 0.1) is 0 Å². The monoisotopic (exact) mass is 277 g/mol. The Kier molecular flexibility index (Phi) is 8.75. The molecule has 5 nitrogen and oxygen atoms in total. The molecule has 0 aliphatic carbocycles. The Morgan fingerprint density at radius 1 is 1.44 bits per heavy atom. The second-order valence-electron chi connectivity index (χ2n) is 4.62. The first-order chi connectivity index (χ1) is 8.11. The molecule has 0 aromatic carbocycles. The smallest absolute Gasteiger partial charge is 0.236 e. The van der Waals surface area contributed by atoms with E-state index in [1.54, 1.807) is 6.92 Å². The second kappa shape index (κ2) is 9.16. The molecule has 1 unspecified atom stereocenters. The topological polar surface area (TPSA) is 75.4 Å². The third-order valence-corrected chi connectivity index (χ3v) is 2.99. The Hall–Kier alpha value is -0.810. The van der Waals surface area contributed by atoms with Crippen LogP contribution >= 0.6 is 12.4 Å². The SMILES string of the molecule is CC(N)C(=O)NCCCN1CCCCCC1=O.Cl. The Morgan fingerprint density at radius 2 is 2.17 bits per heavy atom. The Balaban J connectivity index is 0.00000289. The molecule has 0 spiro atoms.